The summed E-state index contributed by atoms with van der Waals surface area (Å²) in [5, 5.41) is 2.97. The highest BCUT2D eigenvalue weighted by molar-refractivity contribution is 5.94. The third-order valence-electron chi connectivity index (χ3n) is 4.16. The second-order valence-electron chi connectivity index (χ2n) is 6.64. The van der Waals surface area contributed by atoms with Crippen LogP contribution >= 0.6 is 0 Å². The summed E-state index contributed by atoms with van der Waals surface area (Å²) >= 11 is 0. The summed E-state index contributed by atoms with van der Waals surface area (Å²) in [6, 6.07) is 11.6. The first-order chi connectivity index (χ1) is 12.5. The lowest BCUT2D eigenvalue weighted by Crippen LogP contribution is -2.30. The van der Waals surface area contributed by atoms with Crippen molar-refractivity contribution in [3.05, 3.63) is 59.7 Å². The zero-order valence-corrected chi connectivity index (χ0v) is 15.0. The number of hydrogen-bond donors (Lipinski definition) is 2. The molecule has 0 radical (unpaired) electrons. The fraction of sp³-hybridized carbons (Fsp3) is 0.300. The number of methoxy groups -OCH3 is 1. The van der Waals surface area contributed by atoms with Gasteiger partial charge in [0, 0.05) is 5.56 Å². The number of amides is 1. The van der Waals surface area contributed by atoms with Crippen LogP contribution in [0.2, 0.25) is 0 Å². The molecule has 136 valence electrons. The number of halogens is 1. The molecule has 5 nitrogen and oxygen atoms in total. The van der Waals surface area contributed by atoms with E-state index in [9.17, 15) is 9.18 Å². The average molecular weight is 355 g/mol. The molecule has 1 heterocycles. The van der Waals surface area contributed by atoms with Gasteiger partial charge in [-0.1, -0.05) is 26.0 Å². The number of nitrogens with one attached hydrogen (secondary N) is 2. The molecule has 0 aliphatic heterocycles. The van der Waals surface area contributed by atoms with Crippen molar-refractivity contribution >= 4 is 16.9 Å². The van der Waals surface area contributed by atoms with E-state index < -0.39 is 5.82 Å². The number of para-hydroxylation sites is 2. The molecule has 0 saturated carbocycles. The van der Waals surface area contributed by atoms with E-state index in [1.54, 1.807) is 6.07 Å². The molecular formula is C20H22FN3O2. The van der Waals surface area contributed by atoms with E-state index in [2.05, 4.69) is 29.1 Å². The van der Waals surface area contributed by atoms with E-state index in [1.807, 2.05) is 24.3 Å². The molecule has 1 aromatic heterocycles. The van der Waals surface area contributed by atoms with Gasteiger partial charge in [-0.3, -0.25) is 4.79 Å². The molecule has 0 bridgehead atoms. The first kappa shape index (κ1) is 17.9. The van der Waals surface area contributed by atoms with Crippen LogP contribution in [0.25, 0.3) is 11.0 Å². The first-order valence-electron chi connectivity index (χ1n) is 8.57. The number of carbonyl (C=O) groups excluding carboxylic acids is 1. The molecule has 0 unspecified atom stereocenters. The molecule has 26 heavy (non-hydrogen) atoms. The summed E-state index contributed by atoms with van der Waals surface area (Å²) in [4.78, 5) is 20.5. The zero-order chi connectivity index (χ0) is 18.7. The Morgan fingerprint density at radius 3 is 2.69 bits per heavy atom. The quantitative estimate of drug-likeness (QED) is 0.695. The van der Waals surface area contributed by atoms with E-state index in [1.165, 1.54) is 19.2 Å². The third kappa shape index (κ3) is 3.85. The van der Waals surface area contributed by atoms with Gasteiger partial charge in [0.15, 0.2) is 11.6 Å². The van der Waals surface area contributed by atoms with Crippen LogP contribution in [0.3, 0.4) is 0 Å². The summed E-state index contributed by atoms with van der Waals surface area (Å²) < 4.78 is 18.8. The summed E-state index contributed by atoms with van der Waals surface area (Å²) in [6.07, 6.45) is 0.712. The Bertz CT molecular complexity index is 887. The standard InChI is InChI=1S/C20H22FN3O2/c1-12(2)10-17(19-22-15-6-4-5-7-16(15)23-19)24-20(25)13-8-9-18(26-3)14(21)11-13/h4-9,11-12,17H,10H2,1-3H3,(H,22,23)(H,24,25)/t17-/m1/s1. The first-order valence-corrected chi connectivity index (χ1v) is 8.57. The van der Waals surface area contributed by atoms with Crippen LogP contribution in [0.4, 0.5) is 4.39 Å². The van der Waals surface area contributed by atoms with E-state index in [0.29, 0.717) is 18.2 Å². The highest BCUT2D eigenvalue weighted by atomic mass is 19.1. The van der Waals surface area contributed by atoms with Gasteiger partial charge in [0.05, 0.1) is 24.2 Å². The lowest BCUT2D eigenvalue weighted by Gasteiger charge is -2.19. The molecular weight excluding hydrogens is 333 g/mol. The average Bonchev–Trinajstić information content (AvgIpc) is 3.04. The van der Waals surface area contributed by atoms with Crippen molar-refractivity contribution in [2.24, 2.45) is 5.92 Å². The Hall–Kier alpha value is -2.89. The normalized spacial score (nSPS) is 12.3. The second kappa shape index (κ2) is 7.56. The van der Waals surface area contributed by atoms with Gasteiger partial charge < -0.3 is 15.0 Å². The van der Waals surface area contributed by atoms with Crippen LogP contribution in [0.15, 0.2) is 42.5 Å². The van der Waals surface area contributed by atoms with Gasteiger partial charge in [0.2, 0.25) is 0 Å². The third-order valence-corrected chi connectivity index (χ3v) is 4.16. The minimum Gasteiger partial charge on any atom is -0.494 e. The predicted octanol–water partition coefficient (Wildman–Crippen LogP) is 4.23. The highest BCUT2D eigenvalue weighted by Crippen LogP contribution is 2.23. The molecule has 1 amide bonds. The molecule has 0 aliphatic carbocycles. The maximum atomic E-state index is 13.9. The number of imidazole rings is 1. The van der Waals surface area contributed by atoms with Crippen molar-refractivity contribution in [2.45, 2.75) is 26.3 Å². The van der Waals surface area contributed by atoms with Crippen molar-refractivity contribution < 1.29 is 13.9 Å². The van der Waals surface area contributed by atoms with Crippen LogP contribution in [-0.4, -0.2) is 23.0 Å². The van der Waals surface area contributed by atoms with E-state index in [0.717, 1.165) is 11.0 Å². The highest BCUT2D eigenvalue weighted by Gasteiger charge is 2.21. The van der Waals surface area contributed by atoms with Crippen LogP contribution in [-0.2, 0) is 0 Å². The number of aromatic amines is 1. The number of nitrogens with zero attached hydrogens (tertiary/aromatic N) is 1. The predicted molar refractivity (Wildman–Crippen MR) is 98.7 cm³/mol. The van der Waals surface area contributed by atoms with Gasteiger partial charge in [-0.15, -0.1) is 0 Å². The molecule has 0 fully saturated rings. The largest absolute Gasteiger partial charge is 0.494 e. The van der Waals surface area contributed by atoms with Gasteiger partial charge in [-0.05, 0) is 42.7 Å². The second-order valence-corrected chi connectivity index (χ2v) is 6.64. The lowest BCUT2D eigenvalue weighted by molar-refractivity contribution is 0.0929. The van der Waals surface area contributed by atoms with Crippen LogP contribution in [0, 0.1) is 11.7 Å². The van der Waals surface area contributed by atoms with Gasteiger partial charge >= 0.3 is 0 Å². The molecule has 0 aliphatic rings. The minimum atomic E-state index is -0.565. The summed E-state index contributed by atoms with van der Waals surface area (Å²) in [5.74, 6) is 0.239. The number of benzene rings is 2. The monoisotopic (exact) mass is 355 g/mol. The fourth-order valence-electron chi connectivity index (χ4n) is 2.90. The Kier molecular flexibility index (Phi) is 5.21. The van der Waals surface area contributed by atoms with Gasteiger partial charge in [0.1, 0.15) is 5.82 Å². The Morgan fingerprint density at radius 1 is 1.27 bits per heavy atom. The van der Waals surface area contributed by atoms with Crippen molar-refractivity contribution in [3.8, 4) is 5.75 Å². The molecule has 3 rings (SSSR count). The molecule has 3 aromatic rings. The number of hydrogen-bond acceptors (Lipinski definition) is 3. The van der Waals surface area contributed by atoms with Crippen molar-refractivity contribution in [1.82, 2.24) is 15.3 Å². The Balaban J connectivity index is 1.86. The summed E-state index contributed by atoms with van der Waals surface area (Å²) in [5.41, 5.74) is 2.01. The fourth-order valence-corrected chi connectivity index (χ4v) is 2.90. The maximum Gasteiger partial charge on any atom is 0.251 e. The van der Waals surface area contributed by atoms with Gasteiger partial charge in [-0.2, -0.15) is 0 Å². The number of carbonyl (C=O) groups is 1. The number of H-pyrrole nitrogens is 1. The maximum absolute atomic E-state index is 13.9. The number of aromatic nitrogens is 2. The Morgan fingerprint density at radius 2 is 2.04 bits per heavy atom. The number of rotatable bonds is 6. The van der Waals surface area contributed by atoms with Crippen LogP contribution in [0.1, 0.15) is 42.5 Å². The van der Waals surface area contributed by atoms with Crippen molar-refractivity contribution in [1.29, 1.82) is 0 Å². The van der Waals surface area contributed by atoms with Crippen molar-refractivity contribution in [2.75, 3.05) is 7.11 Å². The van der Waals surface area contributed by atoms with Crippen molar-refractivity contribution in [3.63, 3.8) is 0 Å². The van der Waals surface area contributed by atoms with E-state index in [-0.39, 0.29) is 23.3 Å². The molecule has 0 spiro atoms. The lowest BCUT2D eigenvalue weighted by atomic mass is 10.0. The molecule has 0 saturated heterocycles. The topological polar surface area (TPSA) is 67.0 Å². The summed E-state index contributed by atoms with van der Waals surface area (Å²) in [7, 11) is 1.39. The van der Waals surface area contributed by atoms with E-state index >= 15 is 0 Å². The van der Waals surface area contributed by atoms with E-state index in [4.69, 9.17) is 4.74 Å². The number of fused-ring (bicyclic) bond motifs is 1. The SMILES string of the molecule is COc1ccc(C(=O)N[C@H](CC(C)C)c2nc3ccccc3[nH]2)cc1F. The Labute approximate surface area is 151 Å². The minimum absolute atomic E-state index is 0.109. The van der Waals surface area contributed by atoms with Crippen LogP contribution < -0.4 is 10.1 Å². The van der Waals surface area contributed by atoms with Gasteiger partial charge in [-0.25, -0.2) is 9.37 Å². The molecule has 1 atom stereocenters. The summed E-state index contributed by atoms with van der Waals surface area (Å²) in [6.45, 7) is 4.16. The zero-order valence-electron chi connectivity index (χ0n) is 15.0. The molecule has 2 aromatic carbocycles. The van der Waals surface area contributed by atoms with Gasteiger partial charge in [0.25, 0.3) is 5.91 Å². The smallest absolute Gasteiger partial charge is 0.251 e. The molecule has 2 N–H and O–H groups in total. The molecule has 6 heteroatoms. The van der Waals surface area contributed by atoms with Crippen LogP contribution in [0.5, 0.6) is 5.75 Å². The number of ether oxygens (including phenoxy) is 1.